The minimum absolute atomic E-state index is 0.698. The largest absolute Gasteiger partial charge is 0.261 e. The highest BCUT2D eigenvalue weighted by Gasteiger charge is 2.15. The summed E-state index contributed by atoms with van der Waals surface area (Å²) >= 11 is 4.52. The number of aromatic amines is 1. The number of pyridine rings is 1. The van der Waals surface area contributed by atoms with E-state index < -0.39 is 0 Å². The molecule has 0 atom stereocenters. The predicted octanol–water partition coefficient (Wildman–Crippen LogP) is 3.68. The maximum atomic E-state index is 4.74. The van der Waals surface area contributed by atoms with E-state index in [1.54, 1.807) is 12.4 Å². The topological polar surface area (TPSA) is 67.3 Å². The fourth-order valence-corrected chi connectivity index (χ4v) is 2.77. The molecule has 0 bridgehead atoms. The number of aromatic nitrogens is 5. The normalized spacial score (nSPS) is 11.0. The van der Waals surface area contributed by atoms with E-state index in [9.17, 15) is 0 Å². The minimum atomic E-state index is 0.698. The summed E-state index contributed by atoms with van der Waals surface area (Å²) in [7, 11) is 0. The first-order valence-corrected chi connectivity index (χ1v) is 7.59. The highest BCUT2D eigenvalue weighted by Crippen LogP contribution is 2.34. The Morgan fingerprint density at radius 2 is 1.83 bits per heavy atom. The van der Waals surface area contributed by atoms with Gasteiger partial charge in [-0.2, -0.15) is 5.10 Å². The first-order chi connectivity index (χ1) is 11.2. The molecule has 0 radical (unpaired) electrons. The fourth-order valence-electron chi connectivity index (χ4n) is 2.54. The Morgan fingerprint density at radius 3 is 2.65 bits per heavy atom. The summed E-state index contributed by atoms with van der Waals surface area (Å²) < 4.78 is 0. The van der Waals surface area contributed by atoms with Gasteiger partial charge in [-0.1, -0.05) is 30.3 Å². The number of thiol groups is 1. The lowest BCUT2D eigenvalue weighted by Crippen LogP contribution is -1.96. The third kappa shape index (κ3) is 2.47. The molecule has 0 saturated carbocycles. The van der Waals surface area contributed by atoms with Crippen LogP contribution in [0.3, 0.4) is 0 Å². The summed E-state index contributed by atoms with van der Waals surface area (Å²) in [6.07, 6.45) is 3.47. The monoisotopic (exact) mass is 319 g/mol. The third-order valence-corrected chi connectivity index (χ3v) is 3.95. The van der Waals surface area contributed by atoms with Crippen LogP contribution in [0.25, 0.3) is 33.5 Å². The molecule has 0 fully saturated rings. The van der Waals surface area contributed by atoms with E-state index in [1.165, 1.54) is 0 Å². The van der Waals surface area contributed by atoms with Crippen molar-refractivity contribution in [3.8, 4) is 22.5 Å². The number of hydrogen-bond acceptors (Lipinski definition) is 5. The zero-order valence-corrected chi connectivity index (χ0v) is 13.2. The van der Waals surface area contributed by atoms with Crippen LogP contribution in [-0.4, -0.2) is 25.1 Å². The van der Waals surface area contributed by atoms with Crippen molar-refractivity contribution < 1.29 is 0 Å². The van der Waals surface area contributed by atoms with Gasteiger partial charge in [0.1, 0.15) is 5.82 Å². The van der Waals surface area contributed by atoms with Gasteiger partial charge in [0.2, 0.25) is 0 Å². The van der Waals surface area contributed by atoms with Crippen molar-refractivity contribution in [2.75, 3.05) is 0 Å². The molecule has 3 heterocycles. The molecule has 3 aromatic heterocycles. The van der Waals surface area contributed by atoms with Gasteiger partial charge in [-0.05, 0) is 13.0 Å². The second kappa shape index (κ2) is 5.48. The van der Waals surface area contributed by atoms with Crippen LogP contribution in [0, 0.1) is 6.92 Å². The molecule has 4 rings (SSSR count). The van der Waals surface area contributed by atoms with Crippen LogP contribution in [-0.2, 0) is 0 Å². The van der Waals surface area contributed by atoms with Gasteiger partial charge in [-0.3, -0.25) is 5.10 Å². The highest BCUT2D eigenvalue weighted by atomic mass is 32.1. The smallest absolute Gasteiger partial charge is 0.155 e. The average Bonchev–Trinajstić information content (AvgIpc) is 3.04. The van der Waals surface area contributed by atoms with Crippen molar-refractivity contribution in [2.45, 2.75) is 11.8 Å². The second-order valence-corrected chi connectivity index (χ2v) is 5.69. The molecular weight excluding hydrogens is 306 g/mol. The fraction of sp³-hybridized carbons (Fsp3) is 0.0588. The quantitative estimate of drug-likeness (QED) is 0.553. The Kier molecular flexibility index (Phi) is 3.31. The van der Waals surface area contributed by atoms with Gasteiger partial charge >= 0.3 is 0 Å². The maximum absolute atomic E-state index is 4.74. The summed E-state index contributed by atoms with van der Waals surface area (Å²) in [4.78, 5) is 14.2. The standard InChI is InChI=1S/C17H13N5S/c1-10-18-9-14(23)16(20-10)13-7-12-8-19-22-17(12)21-15(13)11-5-3-2-4-6-11/h2-9,23H,1H3,(H,19,21,22). The Morgan fingerprint density at radius 1 is 1.00 bits per heavy atom. The summed E-state index contributed by atoms with van der Waals surface area (Å²) in [6.45, 7) is 1.86. The molecule has 0 unspecified atom stereocenters. The van der Waals surface area contributed by atoms with Crippen molar-refractivity contribution in [2.24, 2.45) is 0 Å². The summed E-state index contributed by atoms with van der Waals surface area (Å²) in [5.74, 6) is 0.698. The van der Waals surface area contributed by atoms with Gasteiger partial charge in [0.05, 0.1) is 17.6 Å². The van der Waals surface area contributed by atoms with Crippen LogP contribution < -0.4 is 0 Å². The first-order valence-electron chi connectivity index (χ1n) is 7.15. The van der Waals surface area contributed by atoms with Crippen molar-refractivity contribution in [1.29, 1.82) is 0 Å². The van der Waals surface area contributed by atoms with Crippen LogP contribution in [0.2, 0.25) is 0 Å². The SMILES string of the molecule is Cc1ncc(S)c(-c2cc3cn[nH]c3nc2-c2ccccc2)n1. The van der Waals surface area contributed by atoms with Gasteiger partial charge in [-0.15, -0.1) is 12.6 Å². The van der Waals surface area contributed by atoms with E-state index in [-0.39, 0.29) is 0 Å². The van der Waals surface area contributed by atoms with E-state index in [0.717, 1.165) is 38.4 Å². The second-order valence-electron chi connectivity index (χ2n) is 5.21. The van der Waals surface area contributed by atoms with Crippen molar-refractivity contribution >= 4 is 23.7 Å². The number of fused-ring (bicyclic) bond motifs is 1. The molecule has 0 aliphatic rings. The highest BCUT2D eigenvalue weighted by molar-refractivity contribution is 7.80. The van der Waals surface area contributed by atoms with E-state index in [2.05, 4.69) is 32.8 Å². The van der Waals surface area contributed by atoms with Gasteiger partial charge in [-0.25, -0.2) is 15.0 Å². The Bertz CT molecular complexity index is 994. The number of H-pyrrole nitrogens is 1. The number of benzene rings is 1. The van der Waals surface area contributed by atoms with E-state index in [1.807, 2.05) is 43.3 Å². The van der Waals surface area contributed by atoms with Gasteiger partial charge in [0.25, 0.3) is 0 Å². The predicted molar refractivity (Wildman–Crippen MR) is 92.3 cm³/mol. The summed E-state index contributed by atoms with van der Waals surface area (Å²) in [5.41, 5.74) is 4.30. The number of nitrogens with zero attached hydrogens (tertiary/aromatic N) is 4. The van der Waals surface area contributed by atoms with Crippen LogP contribution >= 0.6 is 12.6 Å². The molecule has 1 N–H and O–H groups in total. The molecule has 6 heteroatoms. The van der Waals surface area contributed by atoms with Gasteiger partial charge in [0, 0.05) is 27.6 Å². The van der Waals surface area contributed by atoms with E-state index in [0.29, 0.717) is 5.82 Å². The Balaban J connectivity index is 2.06. The molecule has 1 aromatic carbocycles. The van der Waals surface area contributed by atoms with Crippen molar-refractivity contribution in [3.63, 3.8) is 0 Å². The van der Waals surface area contributed by atoms with Crippen LogP contribution in [0.15, 0.2) is 53.7 Å². The molecule has 0 aliphatic carbocycles. The number of nitrogens with one attached hydrogen (secondary N) is 1. The molecule has 0 saturated heterocycles. The van der Waals surface area contributed by atoms with E-state index in [4.69, 9.17) is 4.98 Å². The number of hydrogen-bond donors (Lipinski definition) is 2. The zero-order chi connectivity index (χ0) is 15.8. The molecule has 0 aliphatic heterocycles. The van der Waals surface area contributed by atoms with Crippen molar-refractivity contribution in [3.05, 3.63) is 54.6 Å². The number of rotatable bonds is 2. The van der Waals surface area contributed by atoms with Crippen LogP contribution in [0.5, 0.6) is 0 Å². The molecular formula is C17H13N5S. The van der Waals surface area contributed by atoms with Gasteiger partial charge < -0.3 is 0 Å². The third-order valence-electron chi connectivity index (χ3n) is 3.62. The number of aryl methyl sites for hydroxylation is 1. The molecule has 0 spiro atoms. The van der Waals surface area contributed by atoms with E-state index >= 15 is 0 Å². The summed E-state index contributed by atoms with van der Waals surface area (Å²) in [5, 5.41) is 7.93. The summed E-state index contributed by atoms with van der Waals surface area (Å²) in [6, 6.07) is 12.1. The minimum Gasteiger partial charge on any atom is -0.261 e. The Hall–Kier alpha value is -2.73. The zero-order valence-electron chi connectivity index (χ0n) is 12.4. The molecule has 4 aromatic rings. The van der Waals surface area contributed by atoms with Gasteiger partial charge in [0.15, 0.2) is 5.65 Å². The van der Waals surface area contributed by atoms with Crippen molar-refractivity contribution in [1.82, 2.24) is 25.1 Å². The van der Waals surface area contributed by atoms with Crippen LogP contribution in [0.4, 0.5) is 0 Å². The lowest BCUT2D eigenvalue weighted by molar-refractivity contribution is 1.02. The molecule has 112 valence electrons. The molecule has 5 nitrogen and oxygen atoms in total. The maximum Gasteiger partial charge on any atom is 0.155 e. The first kappa shape index (κ1) is 13.9. The van der Waals surface area contributed by atoms with Crippen LogP contribution in [0.1, 0.15) is 5.82 Å². The lowest BCUT2D eigenvalue weighted by Gasteiger charge is -2.11. The molecule has 23 heavy (non-hydrogen) atoms. The lowest BCUT2D eigenvalue weighted by atomic mass is 10.0. The molecule has 0 amide bonds. The Labute approximate surface area is 138 Å². The average molecular weight is 319 g/mol.